The van der Waals surface area contributed by atoms with E-state index >= 15 is 0 Å². The zero-order chi connectivity index (χ0) is 15.5. The van der Waals surface area contributed by atoms with E-state index in [1.165, 1.54) is 13.8 Å². The minimum Gasteiger partial charge on any atom is -0.462 e. The number of carbonyl (C=O) groups is 4. The van der Waals surface area contributed by atoms with Crippen LogP contribution >= 0.6 is 0 Å². The van der Waals surface area contributed by atoms with Crippen LogP contribution in [0, 0.1) is 5.41 Å². The summed E-state index contributed by atoms with van der Waals surface area (Å²) in [5.74, 6) is -2.30. The first-order chi connectivity index (χ1) is 9.35. The van der Waals surface area contributed by atoms with Gasteiger partial charge >= 0.3 is 17.9 Å². The highest BCUT2D eigenvalue weighted by molar-refractivity contribution is 6.26. The van der Waals surface area contributed by atoms with Crippen LogP contribution in [-0.4, -0.2) is 49.2 Å². The first-order valence-corrected chi connectivity index (χ1v) is 5.84. The lowest BCUT2D eigenvalue weighted by Gasteiger charge is -2.16. The van der Waals surface area contributed by atoms with Crippen molar-refractivity contribution < 1.29 is 33.4 Å². The minimum absolute atomic E-state index is 0.121. The summed E-state index contributed by atoms with van der Waals surface area (Å²) in [6.45, 7) is 1.87. The number of ketones is 1. The average molecular weight is 287 g/mol. The summed E-state index contributed by atoms with van der Waals surface area (Å²) < 4.78 is 14.3. The van der Waals surface area contributed by atoms with Crippen molar-refractivity contribution in [1.29, 1.82) is 5.41 Å². The summed E-state index contributed by atoms with van der Waals surface area (Å²) >= 11 is 0. The first kappa shape index (κ1) is 17.8. The zero-order valence-electron chi connectivity index (χ0n) is 11.3. The fraction of sp³-hybridized carbons (Fsp3) is 0.583. The van der Waals surface area contributed by atoms with Crippen molar-refractivity contribution in [1.82, 2.24) is 0 Å². The summed E-state index contributed by atoms with van der Waals surface area (Å²) in [5, 5.41) is 6.66. The molecule has 0 aliphatic heterocycles. The standard InChI is InChI=1S/C12H17NO7/c1-8(14)18-6-11(20-9(2)15)7-19-12(17)4-3-10(16)5-13/h5,11,13H,3-4,6-7H2,1-2H3. The lowest BCUT2D eigenvalue weighted by molar-refractivity contribution is -0.164. The summed E-state index contributed by atoms with van der Waals surface area (Å²) in [6.07, 6.45) is -0.562. The van der Waals surface area contributed by atoms with Crippen molar-refractivity contribution in [2.24, 2.45) is 0 Å². The van der Waals surface area contributed by atoms with Gasteiger partial charge in [-0.3, -0.25) is 19.2 Å². The molecule has 112 valence electrons. The molecule has 0 heterocycles. The minimum atomic E-state index is -0.890. The Balaban J connectivity index is 4.12. The molecule has 0 aromatic heterocycles. The molecule has 0 saturated carbocycles. The van der Waals surface area contributed by atoms with Crippen molar-refractivity contribution in [2.45, 2.75) is 32.8 Å². The van der Waals surface area contributed by atoms with E-state index < -0.39 is 29.8 Å². The van der Waals surface area contributed by atoms with Crippen molar-refractivity contribution in [3.8, 4) is 0 Å². The van der Waals surface area contributed by atoms with Crippen molar-refractivity contribution in [3.05, 3.63) is 0 Å². The molecule has 0 aromatic rings. The fourth-order valence-electron chi connectivity index (χ4n) is 1.12. The van der Waals surface area contributed by atoms with Crippen LogP contribution in [0.5, 0.6) is 0 Å². The van der Waals surface area contributed by atoms with Crippen LogP contribution in [0.2, 0.25) is 0 Å². The van der Waals surface area contributed by atoms with Gasteiger partial charge in [-0.1, -0.05) is 0 Å². The lowest BCUT2D eigenvalue weighted by Crippen LogP contribution is -2.29. The summed E-state index contributed by atoms with van der Waals surface area (Å²) in [4.78, 5) is 43.6. The van der Waals surface area contributed by atoms with Gasteiger partial charge in [0, 0.05) is 20.3 Å². The molecule has 20 heavy (non-hydrogen) atoms. The Kier molecular flexibility index (Phi) is 8.56. The smallest absolute Gasteiger partial charge is 0.306 e. The van der Waals surface area contributed by atoms with Crippen LogP contribution in [0.1, 0.15) is 26.7 Å². The maximum atomic E-state index is 11.3. The molecule has 0 aliphatic rings. The monoisotopic (exact) mass is 287 g/mol. The second-order valence-corrected chi connectivity index (χ2v) is 3.83. The predicted molar refractivity (Wildman–Crippen MR) is 66.2 cm³/mol. The van der Waals surface area contributed by atoms with Gasteiger partial charge in [0.25, 0.3) is 0 Å². The van der Waals surface area contributed by atoms with Gasteiger partial charge in [-0.25, -0.2) is 0 Å². The molecule has 0 aromatic carbocycles. The molecular weight excluding hydrogens is 270 g/mol. The summed E-state index contributed by atoms with van der Waals surface area (Å²) in [7, 11) is 0. The molecule has 0 fully saturated rings. The van der Waals surface area contributed by atoms with Crippen LogP contribution < -0.4 is 0 Å². The highest BCUT2D eigenvalue weighted by atomic mass is 16.6. The van der Waals surface area contributed by atoms with E-state index in [0.29, 0.717) is 6.21 Å². The largest absolute Gasteiger partial charge is 0.462 e. The van der Waals surface area contributed by atoms with E-state index in [0.717, 1.165) is 0 Å². The Bertz CT molecular complexity index is 391. The molecule has 0 radical (unpaired) electrons. The molecule has 0 amide bonds. The lowest BCUT2D eigenvalue weighted by atomic mass is 10.2. The number of Topliss-reactive ketones (excluding diaryl/α,β-unsaturated/α-hetero) is 1. The Morgan fingerprint density at radius 3 is 2.10 bits per heavy atom. The fourth-order valence-corrected chi connectivity index (χ4v) is 1.12. The van der Waals surface area contributed by atoms with Gasteiger partial charge in [0.05, 0.1) is 12.6 Å². The van der Waals surface area contributed by atoms with E-state index in [4.69, 9.17) is 14.9 Å². The maximum Gasteiger partial charge on any atom is 0.306 e. The van der Waals surface area contributed by atoms with Crippen molar-refractivity contribution >= 4 is 29.9 Å². The number of hydrogen-bond donors (Lipinski definition) is 1. The molecule has 0 saturated heterocycles. The van der Waals surface area contributed by atoms with Gasteiger partial charge in [-0.05, 0) is 0 Å². The molecule has 0 rings (SSSR count). The summed E-state index contributed by atoms with van der Waals surface area (Å²) in [6, 6.07) is 0. The number of nitrogens with one attached hydrogen (secondary N) is 1. The molecule has 8 heteroatoms. The van der Waals surface area contributed by atoms with Gasteiger partial charge in [-0.15, -0.1) is 0 Å². The molecule has 1 atom stereocenters. The van der Waals surface area contributed by atoms with Crippen LogP contribution in [0.3, 0.4) is 0 Å². The first-order valence-electron chi connectivity index (χ1n) is 5.84. The van der Waals surface area contributed by atoms with E-state index in [1.807, 2.05) is 0 Å². The third-order valence-electron chi connectivity index (χ3n) is 1.97. The van der Waals surface area contributed by atoms with Crippen LogP contribution in [0.4, 0.5) is 0 Å². The number of ether oxygens (including phenoxy) is 3. The number of rotatable bonds is 9. The highest BCUT2D eigenvalue weighted by Gasteiger charge is 2.17. The highest BCUT2D eigenvalue weighted by Crippen LogP contribution is 2.00. The van der Waals surface area contributed by atoms with E-state index in [9.17, 15) is 19.2 Å². The van der Waals surface area contributed by atoms with E-state index in [-0.39, 0.29) is 26.1 Å². The maximum absolute atomic E-state index is 11.3. The normalized spacial score (nSPS) is 11.1. The number of esters is 3. The zero-order valence-corrected chi connectivity index (χ0v) is 11.3. The number of carbonyl (C=O) groups excluding carboxylic acids is 4. The second-order valence-electron chi connectivity index (χ2n) is 3.83. The van der Waals surface area contributed by atoms with Crippen LogP contribution in [0.25, 0.3) is 0 Å². The Morgan fingerprint density at radius 1 is 1.00 bits per heavy atom. The van der Waals surface area contributed by atoms with Gasteiger partial charge in [0.2, 0.25) is 0 Å². The molecule has 0 spiro atoms. The summed E-state index contributed by atoms with van der Waals surface area (Å²) in [5.41, 5.74) is 0. The Morgan fingerprint density at radius 2 is 1.60 bits per heavy atom. The molecular formula is C12H17NO7. The van der Waals surface area contributed by atoms with E-state index in [1.54, 1.807) is 0 Å². The van der Waals surface area contributed by atoms with Crippen LogP contribution in [0.15, 0.2) is 0 Å². The average Bonchev–Trinajstić information content (AvgIpc) is 2.38. The third-order valence-corrected chi connectivity index (χ3v) is 1.97. The van der Waals surface area contributed by atoms with E-state index in [2.05, 4.69) is 4.74 Å². The van der Waals surface area contributed by atoms with Gasteiger partial charge in [0.1, 0.15) is 13.2 Å². The Labute approximate surface area is 115 Å². The quantitative estimate of drug-likeness (QED) is 0.360. The topological polar surface area (TPSA) is 120 Å². The van der Waals surface area contributed by atoms with Gasteiger partial charge in [0.15, 0.2) is 11.9 Å². The predicted octanol–water partition coefficient (Wildman–Crippen LogP) is 0.0233. The second kappa shape index (κ2) is 9.65. The molecule has 8 nitrogen and oxygen atoms in total. The SMILES string of the molecule is CC(=O)OCC(COC(=O)CCC(=O)C=N)OC(C)=O. The van der Waals surface area contributed by atoms with Crippen molar-refractivity contribution in [2.75, 3.05) is 13.2 Å². The molecule has 1 unspecified atom stereocenters. The molecule has 1 N–H and O–H groups in total. The van der Waals surface area contributed by atoms with Gasteiger partial charge < -0.3 is 19.6 Å². The number of hydrogen-bond acceptors (Lipinski definition) is 8. The molecule has 0 bridgehead atoms. The Hall–Kier alpha value is -2.25. The van der Waals surface area contributed by atoms with Crippen LogP contribution in [-0.2, 0) is 33.4 Å². The molecule has 0 aliphatic carbocycles. The third kappa shape index (κ3) is 9.75. The van der Waals surface area contributed by atoms with Crippen molar-refractivity contribution in [3.63, 3.8) is 0 Å². The van der Waals surface area contributed by atoms with Gasteiger partial charge in [-0.2, -0.15) is 0 Å².